The number of urea groups is 1. The fourth-order valence-electron chi connectivity index (χ4n) is 3.52. The van der Waals surface area contributed by atoms with Crippen LogP contribution < -0.4 is 10.6 Å². The largest absolute Gasteiger partial charge is 0.388 e. The predicted octanol–water partition coefficient (Wildman–Crippen LogP) is 2.35. The summed E-state index contributed by atoms with van der Waals surface area (Å²) in [5, 5.41) is 20.7. The quantitative estimate of drug-likeness (QED) is 0.551. The Labute approximate surface area is 145 Å². The van der Waals surface area contributed by atoms with Crippen LogP contribution in [0.15, 0.2) is 0 Å². The molecule has 0 radical (unpaired) electrons. The third-order valence-corrected chi connectivity index (χ3v) is 5.16. The second-order valence-electron chi connectivity index (χ2n) is 7.12. The Bertz CT molecular complexity index is 545. The van der Waals surface area contributed by atoms with Crippen LogP contribution in [0.5, 0.6) is 0 Å². The molecule has 1 aromatic rings. The van der Waals surface area contributed by atoms with E-state index in [1.165, 1.54) is 24.1 Å². The van der Waals surface area contributed by atoms with E-state index in [0.29, 0.717) is 13.1 Å². The highest BCUT2D eigenvalue weighted by Crippen LogP contribution is 2.26. The molecule has 136 valence electrons. The number of aryl methyl sites for hydroxylation is 2. The predicted molar refractivity (Wildman–Crippen MR) is 95.1 cm³/mol. The first-order chi connectivity index (χ1) is 11.4. The number of aromatic nitrogens is 2. The van der Waals surface area contributed by atoms with Gasteiger partial charge in [0.25, 0.3) is 0 Å². The van der Waals surface area contributed by atoms with Crippen molar-refractivity contribution in [3.05, 3.63) is 17.0 Å². The first-order valence-electron chi connectivity index (χ1n) is 9.14. The zero-order valence-corrected chi connectivity index (χ0v) is 15.3. The summed E-state index contributed by atoms with van der Waals surface area (Å²) >= 11 is 0. The van der Waals surface area contributed by atoms with Gasteiger partial charge in [0.1, 0.15) is 0 Å². The van der Waals surface area contributed by atoms with Gasteiger partial charge in [0, 0.05) is 25.8 Å². The molecular weight excluding hydrogens is 304 g/mol. The summed E-state index contributed by atoms with van der Waals surface area (Å²) < 4.78 is 1.90. The number of nitrogens with one attached hydrogen (secondary N) is 2. The zero-order valence-electron chi connectivity index (χ0n) is 15.3. The van der Waals surface area contributed by atoms with Gasteiger partial charge in [0.15, 0.2) is 0 Å². The van der Waals surface area contributed by atoms with Gasteiger partial charge in [-0.05, 0) is 45.1 Å². The fraction of sp³-hybridized carbons (Fsp3) is 0.778. The lowest BCUT2D eigenvalue weighted by Gasteiger charge is -2.26. The molecule has 1 aliphatic rings. The molecule has 0 aliphatic heterocycles. The Morgan fingerprint density at radius 1 is 1.21 bits per heavy atom. The Morgan fingerprint density at radius 3 is 2.46 bits per heavy atom. The van der Waals surface area contributed by atoms with Crippen molar-refractivity contribution in [1.29, 1.82) is 0 Å². The van der Waals surface area contributed by atoms with Gasteiger partial charge in [-0.1, -0.05) is 25.7 Å². The number of carbonyl (C=O) groups excluding carboxylic acids is 1. The summed E-state index contributed by atoms with van der Waals surface area (Å²) in [7, 11) is 1.95. The van der Waals surface area contributed by atoms with Gasteiger partial charge in [-0.2, -0.15) is 5.10 Å². The number of rotatable bonds is 6. The molecule has 0 aromatic carbocycles. The van der Waals surface area contributed by atoms with Crippen molar-refractivity contribution in [3.63, 3.8) is 0 Å². The van der Waals surface area contributed by atoms with Crippen molar-refractivity contribution in [2.75, 3.05) is 13.1 Å². The Balaban J connectivity index is 1.66. The summed E-state index contributed by atoms with van der Waals surface area (Å²) in [5.41, 5.74) is 2.80. The maximum Gasteiger partial charge on any atom is 0.314 e. The molecule has 6 nitrogen and oxygen atoms in total. The zero-order chi connectivity index (χ0) is 17.6. The normalized spacial score (nSPS) is 17.3. The summed E-state index contributed by atoms with van der Waals surface area (Å²) in [4.78, 5) is 11.9. The number of hydrogen-bond acceptors (Lipinski definition) is 3. The van der Waals surface area contributed by atoms with Crippen molar-refractivity contribution in [2.45, 2.75) is 70.8 Å². The van der Waals surface area contributed by atoms with Crippen LogP contribution in [0.1, 0.15) is 61.9 Å². The molecule has 0 saturated heterocycles. The number of carbonyl (C=O) groups is 1. The molecule has 1 heterocycles. The van der Waals surface area contributed by atoms with Gasteiger partial charge in [0.05, 0.1) is 11.3 Å². The minimum absolute atomic E-state index is 0.188. The van der Waals surface area contributed by atoms with Gasteiger partial charge in [0.2, 0.25) is 0 Å². The summed E-state index contributed by atoms with van der Waals surface area (Å²) in [6, 6.07) is -0.188. The third-order valence-electron chi connectivity index (χ3n) is 5.16. The second-order valence-corrected chi connectivity index (χ2v) is 7.12. The van der Waals surface area contributed by atoms with E-state index in [1.807, 2.05) is 18.7 Å². The van der Waals surface area contributed by atoms with Crippen LogP contribution >= 0.6 is 0 Å². The topological polar surface area (TPSA) is 79.2 Å². The van der Waals surface area contributed by atoms with Crippen LogP contribution in [0, 0.1) is 13.8 Å². The highest BCUT2D eigenvalue weighted by Gasteiger charge is 2.28. The summed E-state index contributed by atoms with van der Waals surface area (Å²) in [5.74, 6) is 0. The molecule has 3 N–H and O–H groups in total. The van der Waals surface area contributed by atoms with Crippen LogP contribution in [0.4, 0.5) is 4.79 Å². The van der Waals surface area contributed by atoms with Crippen LogP contribution in [0.2, 0.25) is 0 Å². The van der Waals surface area contributed by atoms with Crippen LogP contribution in [0.3, 0.4) is 0 Å². The standard InChI is InChI=1S/C18H32N4O2/c1-14-16(15(2)22(3)21-14)9-8-12-19-17(23)20-13-18(24)10-6-4-5-7-11-18/h24H,4-13H2,1-3H3,(H2,19,20,23). The molecule has 1 aliphatic carbocycles. The lowest BCUT2D eigenvalue weighted by molar-refractivity contribution is 0.0277. The maximum absolute atomic E-state index is 11.9. The van der Waals surface area contributed by atoms with Crippen LogP contribution in [-0.4, -0.2) is 39.6 Å². The SMILES string of the molecule is Cc1nn(C)c(C)c1CCCNC(=O)NCC1(O)CCCCCC1. The Hall–Kier alpha value is -1.56. The number of amides is 2. The van der Waals surface area contributed by atoms with E-state index in [4.69, 9.17) is 0 Å². The first-order valence-corrected chi connectivity index (χ1v) is 9.14. The van der Waals surface area contributed by atoms with Gasteiger partial charge < -0.3 is 15.7 Å². The van der Waals surface area contributed by atoms with E-state index in [9.17, 15) is 9.90 Å². The van der Waals surface area contributed by atoms with Crippen molar-refractivity contribution in [3.8, 4) is 0 Å². The summed E-state index contributed by atoms with van der Waals surface area (Å²) in [6.45, 7) is 5.07. The van der Waals surface area contributed by atoms with E-state index in [0.717, 1.165) is 44.2 Å². The van der Waals surface area contributed by atoms with Gasteiger partial charge in [-0.25, -0.2) is 4.79 Å². The molecular formula is C18H32N4O2. The molecule has 0 atom stereocenters. The number of hydrogen-bond donors (Lipinski definition) is 3. The highest BCUT2D eigenvalue weighted by atomic mass is 16.3. The molecule has 6 heteroatoms. The Kier molecular flexibility index (Phi) is 6.66. The van der Waals surface area contributed by atoms with Crippen LogP contribution in [0.25, 0.3) is 0 Å². The van der Waals surface area contributed by atoms with Crippen molar-refractivity contribution in [2.24, 2.45) is 7.05 Å². The molecule has 0 unspecified atom stereocenters. The minimum atomic E-state index is -0.724. The third kappa shape index (κ3) is 5.23. The van der Waals surface area contributed by atoms with Crippen molar-refractivity contribution in [1.82, 2.24) is 20.4 Å². The summed E-state index contributed by atoms with van der Waals surface area (Å²) in [6.07, 6.45) is 7.82. The maximum atomic E-state index is 11.9. The fourth-order valence-corrected chi connectivity index (χ4v) is 3.52. The molecule has 24 heavy (non-hydrogen) atoms. The van der Waals surface area contributed by atoms with E-state index < -0.39 is 5.60 Å². The van der Waals surface area contributed by atoms with Crippen molar-refractivity contribution >= 4 is 6.03 Å². The number of aliphatic hydroxyl groups is 1. The first kappa shape index (κ1) is 18.8. The van der Waals surface area contributed by atoms with E-state index in [2.05, 4.69) is 22.7 Å². The monoisotopic (exact) mass is 336 g/mol. The molecule has 1 saturated carbocycles. The molecule has 1 fully saturated rings. The second kappa shape index (κ2) is 8.51. The number of nitrogens with zero attached hydrogens (tertiary/aromatic N) is 2. The molecule has 1 aromatic heterocycles. The van der Waals surface area contributed by atoms with Crippen molar-refractivity contribution < 1.29 is 9.90 Å². The highest BCUT2D eigenvalue weighted by molar-refractivity contribution is 5.73. The van der Waals surface area contributed by atoms with Gasteiger partial charge in [-0.3, -0.25) is 4.68 Å². The smallest absolute Gasteiger partial charge is 0.314 e. The Morgan fingerprint density at radius 2 is 1.88 bits per heavy atom. The van der Waals surface area contributed by atoms with E-state index in [1.54, 1.807) is 0 Å². The average molecular weight is 336 g/mol. The van der Waals surface area contributed by atoms with Crippen LogP contribution in [-0.2, 0) is 13.5 Å². The van der Waals surface area contributed by atoms with E-state index >= 15 is 0 Å². The molecule has 0 spiro atoms. The molecule has 2 amide bonds. The average Bonchev–Trinajstić information content (AvgIpc) is 2.71. The lowest BCUT2D eigenvalue weighted by atomic mass is 9.95. The van der Waals surface area contributed by atoms with E-state index in [-0.39, 0.29) is 6.03 Å². The molecule has 2 rings (SSSR count). The van der Waals surface area contributed by atoms with Gasteiger partial charge >= 0.3 is 6.03 Å². The molecule has 0 bridgehead atoms. The lowest BCUT2D eigenvalue weighted by Crippen LogP contribution is -2.46. The minimum Gasteiger partial charge on any atom is -0.388 e. The van der Waals surface area contributed by atoms with Gasteiger partial charge in [-0.15, -0.1) is 0 Å².